The fourth-order valence-electron chi connectivity index (χ4n) is 4.55. The topological polar surface area (TPSA) is 30.0 Å². The monoisotopic (exact) mass is 394 g/mol. The molecule has 0 spiro atoms. The molecule has 2 saturated heterocycles. The van der Waals surface area contributed by atoms with Gasteiger partial charge in [0.15, 0.2) is 0 Å². The van der Waals surface area contributed by atoms with E-state index in [9.17, 15) is 4.79 Å². The molecule has 0 bridgehead atoms. The quantitative estimate of drug-likeness (QED) is 0.781. The molecule has 0 aliphatic carbocycles. The number of likely N-dealkylation sites (tertiary alicyclic amines) is 1. The van der Waals surface area contributed by atoms with Gasteiger partial charge in [-0.2, -0.15) is 0 Å². The predicted octanol–water partition coefficient (Wildman–Crippen LogP) is 3.56. The Labute approximate surface area is 175 Å². The summed E-state index contributed by atoms with van der Waals surface area (Å²) in [6.45, 7) is 11.5. The van der Waals surface area contributed by atoms with Gasteiger partial charge in [0.1, 0.15) is 5.82 Å². The van der Waals surface area contributed by atoms with E-state index in [2.05, 4.69) is 58.9 Å². The summed E-state index contributed by atoms with van der Waals surface area (Å²) >= 11 is 0. The molecular weight excluding hydrogens is 360 g/mol. The Balaban J connectivity index is 1.45. The maximum absolute atomic E-state index is 12.8. The molecule has 1 aromatic carbocycles. The summed E-state index contributed by atoms with van der Waals surface area (Å²) in [4.78, 5) is 22.2. The number of piperidine rings is 1. The second-order valence-electron chi connectivity index (χ2n) is 8.58. The highest BCUT2D eigenvalue weighted by Gasteiger charge is 2.25. The van der Waals surface area contributed by atoms with Crippen LogP contribution >= 0.6 is 0 Å². The lowest BCUT2D eigenvalue weighted by Gasteiger charge is -2.43. The first-order valence-corrected chi connectivity index (χ1v) is 11.2. The van der Waals surface area contributed by atoms with Crippen LogP contribution in [0.3, 0.4) is 0 Å². The minimum Gasteiger partial charge on any atom is -0.355 e. The first kappa shape index (κ1) is 20.0. The Morgan fingerprint density at radius 2 is 1.59 bits per heavy atom. The molecule has 0 N–H and O–H groups in total. The van der Waals surface area contributed by atoms with E-state index in [1.807, 2.05) is 17.0 Å². The van der Waals surface area contributed by atoms with Crippen molar-refractivity contribution in [2.45, 2.75) is 39.2 Å². The molecule has 1 aromatic rings. The van der Waals surface area contributed by atoms with E-state index in [-0.39, 0.29) is 5.91 Å². The highest BCUT2D eigenvalue weighted by atomic mass is 16.2. The first-order chi connectivity index (χ1) is 14.1. The Bertz CT molecular complexity index is 754. The molecule has 0 saturated carbocycles. The third-order valence-corrected chi connectivity index (χ3v) is 6.38. The minimum absolute atomic E-state index is 0.176. The summed E-state index contributed by atoms with van der Waals surface area (Å²) in [5.41, 5.74) is 1.96. The number of hydrogen-bond acceptors (Lipinski definition) is 4. The summed E-state index contributed by atoms with van der Waals surface area (Å²) < 4.78 is 0. The van der Waals surface area contributed by atoms with E-state index in [0.29, 0.717) is 6.04 Å². The molecule has 156 valence electrons. The normalized spacial score (nSPS) is 20.9. The average molecular weight is 395 g/mol. The van der Waals surface area contributed by atoms with Crippen LogP contribution in [0.5, 0.6) is 0 Å². The van der Waals surface area contributed by atoms with Crippen LogP contribution in [0, 0.1) is 0 Å². The van der Waals surface area contributed by atoms with Crippen molar-refractivity contribution in [1.29, 1.82) is 0 Å². The third kappa shape index (κ3) is 4.50. The fourth-order valence-corrected chi connectivity index (χ4v) is 4.55. The Morgan fingerprint density at radius 1 is 0.897 bits per heavy atom. The molecular formula is C24H34N4O. The number of benzene rings is 1. The maximum Gasteiger partial charge on any atom is 0.253 e. The van der Waals surface area contributed by atoms with Crippen molar-refractivity contribution in [1.82, 2.24) is 14.7 Å². The number of amides is 1. The molecule has 0 aromatic heterocycles. The first-order valence-electron chi connectivity index (χ1n) is 11.2. The highest BCUT2D eigenvalue weighted by Crippen LogP contribution is 2.26. The molecule has 3 aliphatic rings. The van der Waals surface area contributed by atoms with Crippen LogP contribution in [-0.4, -0.2) is 72.5 Å². The van der Waals surface area contributed by atoms with Crippen LogP contribution in [0.2, 0.25) is 0 Å². The van der Waals surface area contributed by atoms with Gasteiger partial charge in [-0.05, 0) is 63.5 Å². The van der Waals surface area contributed by atoms with Crippen LogP contribution in [-0.2, 0) is 0 Å². The van der Waals surface area contributed by atoms with E-state index >= 15 is 0 Å². The number of allylic oxidation sites excluding steroid dienone is 2. The van der Waals surface area contributed by atoms with Crippen LogP contribution < -0.4 is 4.90 Å². The van der Waals surface area contributed by atoms with Crippen molar-refractivity contribution in [2.75, 3.05) is 50.7 Å². The third-order valence-electron chi connectivity index (χ3n) is 6.38. The summed E-state index contributed by atoms with van der Waals surface area (Å²) in [5, 5.41) is 0. The minimum atomic E-state index is 0.176. The second-order valence-corrected chi connectivity index (χ2v) is 8.58. The summed E-state index contributed by atoms with van der Waals surface area (Å²) in [7, 11) is 0. The zero-order valence-corrected chi connectivity index (χ0v) is 17.9. The summed E-state index contributed by atoms with van der Waals surface area (Å²) in [5.74, 6) is 1.45. The van der Waals surface area contributed by atoms with Gasteiger partial charge in [-0.3, -0.25) is 9.69 Å². The number of nitrogens with zero attached hydrogens (tertiary/aromatic N) is 4. The average Bonchev–Trinajstić information content (AvgIpc) is 2.79. The van der Waals surface area contributed by atoms with Crippen molar-refractivity contribution in [3.63, 3.8) is 0 Å². The van der Waals surface area contributed by atoms with E-state index in [0.717, 1.165) is 69.9 Å². The van der Waals surface area contributed by atoms with Crippen molar-refractivity contribution < 1.29 is 4.79 Å². The van der Waals surface area contributed by atoms with Gasteiger partial charge in [0.05, 0.1) is 0 Å². The van der Waals surface area contributed by atoms with E-state index in [1.165, 1.54) is 12.2 Å². The Hall–Kier alpha value is -2.27. The number of carbonyl (C=O) groups excluding carboxylic acids is 1. The molecule has 1 amide bonds. The van der Waals surface area contributed by atoms with Crippen molar-refractivity contribution >= 4 is 11.6 Å². The number of anilines is 1. The molecule has 3 aliphatic heterocycles. The smallest absolute Gasteiger partial charge is 0.253 e. The molecule has 5 heteroatoms. The Morgan fingerprint density at radius 3 is 2.24 bits per heavy atom. The number of piperazine rings is 1. The largest absolute Gasteiger partial charge is 0.355 e. The molecule has 0 unspecified atom stereocenters. The summed E-state index contributed by atoms with van der Waals surface area (Å²) in [6.07, 6.45) is 10.1. The van der Waals surface area contributed by atoms with Crippen molar-refractivity contribution in [2.24, 2.45) is 0 Å². The van der Waals surface area contributed by atoms with E-state index in [1.54, 1.807) is 0 Å². The van der Waals surface area contributed by atoms with Gasteiger partial charge in [-0.15, -0.1) is 0 Å². The van der Waals surface area contributed by atoms with Crippen LogP contribution in [0.25, 0.3) is 0 Å². The van der Waals surface area contributed by atoms with Crippen molar-refractivity contribution in [3.05, 3.63) is 53.9 Å². The maximum atomic E-state index is 12.8. The van der Waals surface area contributed by atoms with E-state index < -0.39 is 0 Å². The molecule has 2 fully saturated rings. The SMILES string of the molecule is CC(C)N1CCN(C2=CC=CCN2c2ccc(C(=O)N3CCCCC3)cc2)CC1. The summed E-state index contributed by atoms with van der Waals surface area (Å²) in [6, 6.07) is 8.82. The number of rotatable bonds is 4. The second kappa shape index (κ2) is 9.04. The molecule has 4 rings (SSSR count). The van der Waals surface area contributed by atoms with Crippen LogP contribution in [0.1, 0.15) is 43.5 Å². The molecule has 29 heavy (non-hydrogen) atoms. The lowest BCUT2D eigenvalue weighted by molar-refractivity contribution is 0.0724. The zero-order valence-electron chi connectivity index (χ0n) is 17.9. The fraction of sp³-hybridized carbons (Fsp3) is 0.542. The van der Waals surface area contributed by atoms with E-state index in [4.69, 9.17) is 0 Å². The van der Waals surface area contributed by atoms with Crippen LogP contribution in [0.4, 0.5) is 5.69 Å². The number of carbonyl (C=O) groups is 1. The lowest BCUT2D eigenvalue weighted by Crippen LogP contribution is -2.51. The number of hydrogen-bond donors (Lipinski definition) is 0. The Kier molecular flexibility index (Phi) is 6.24. The van der Waals surface area contributed by atoms with Gasteiger partial charge in [-0.25, -0.2) is 0 Å². The van der Waals surface area contributed by atoms with Gasteiger partial charge in [0, 0.05) is 63.1 Å². The van der Waals surface area contributed by atoms with Gasteiger partial charge >= 0.3 is 0 Å². The highest BCUT2D eigenvalue weighted by molar-refractivity contribution is 5.94. The molecule has 5 nitrogen and oxygen atoms in total. The lowest BCUT2D eigenvalue weighted by atomic mass is 10.1. The molecule has 0 atom stereocenters. The standard InChI is InChI=1S/C24H34N4O/c1-20(2)25-16-18-26(19-17-25)23-8-4-7-15-28(23)22-11-9-21(10-12-22)24(29)27-13-5-3-6-14-27/h4,7-12,20H,3,5-6,13-19H2,1-2H3. The van der Waals surface area contributed by atoms with Gasteiger partial charge in [0.2, 0.25) is 0 Å². The molecule has 3 heterocycles. The predicted molar refractivity (Wildman–Crippen MR) is 119 cm³/mol. The van der Waals surface area contributed by atoms with Crippen LogP contribution in [0.15, 0.2) is 48.3 Å². The van der Waals surface area contributed by atoms with Gasteiger partial charge in [-0.1, -0.05) is 12.2 Å². The molecule has 0 radical (unpaired) electrons. The van der Waals surface area contributed by atoms with Crippen molar-refractivity contribution in [3.8, 4) is 0 Å². The zero-order chi connectivity index (χ0) is 20.2. The van der Waals surface area contributed by atoms with Gasteiger partial charge < -0.3 is 14.7 Å². The van der Waals surface area contributed by atoms with Gasteiger partial charge in [0.25, 0.3) is 5.91 Å².